The summed E-state index contributed by atoms with van der Waals surface area (Å²) in [6, 6.07) is 9.36. The van der Waals surface area contributed by atoms with Crippen molar-refractivity contribution in [2.45, 2.75) is 37.8 Å². The minimum absolute atomic E-state index is 0.0847. The molecule has 1 aromatic carbocycles. The Hall–Kier alpha value is -3.20. The third kappa shape index (κ3) is 4.01. The number of furan rings is 1. The zero-order valence-electron chi connectivity index (χ0n) is 18.4. The molecule has 0 atom stereocenters. The van der Waals surface area contributed by atoms with E-state index in [1.165, 1.54) is 12.7 Å². The van der Waals surface area contributed by atoms with Crippen LogP contribution in [0.5, 0.6) is 0 Å². The van der Waals surface area contributed by atoms with Gasteiger partial charge in [-0.05, 0) is 56.0 Å². The van der Waals surface area contributed by atoms with Crippen molar-refractivity contribution in [3.8, 4) is 0 Å². The maximum atomic E-state index is 12.5. The molecule has 2 aliphatic heterocycles. The van der Waals surface area contributed by atoms with E-state index in [-0.39, 0.29) is 11.9 Å². The lowest BCUT2D eigenvalue weighted by molar-refractivity contribution is 0.0714. The molecule has 174 valence electrons. The van der Waals surface area contributed by atoms with Gasteiger partial charge in [-0.3, -0.25) is 9.69 Å². The van der Waals surface area contributed by atoms with Crippen molar-refractivity contribution >= 4 is 40.8 Å². The Morgan fingerprint density at radius 2 is 1.82 bits per heavy atom. The summed E-state index contributed by atoms with van der Waals surface area (Å²) < 4.78 is 5.25. The van der Waals surface area contributed by atoms with Crippen molar-refractivity contribution in [1.29, 1.82) is 0 Å². The first-order valence-corrected chi connectivity index (χ1v) is 11.7. The topological polar surface area (TPSA) is 117 Å². The van der Waals surface area contributed by atoms with Crippen LogP contribution in [0.1, 0.15) is 42.7 Å². The van der Waals surface area contributed by atoms with E-state index in [2.05, 4.69) is 9.89 Å². The van der Waals surface area contributed by atoms with Crippen molar-refractivity contribution < 1.29 is 9.21 Å². The largest absolute Gasteiger partial charge is 0.459 e. The summed E-state index contributed by atoms with van der Waals surface area (Å²) in [5.74, 6) is 0.860. The van der Waals surface area contributed by atoms with Crippen molar-refractivity contribution in [1.82, 2.24) is 4.90 Å². The molecule has 1 amide bonds. The number of guanidine groups is 2. The number of benzene rings is 1. The van der Waals surface area contributed by atoms with Crippen LogP contribution in [-0.4, -0.2) is 54.6 Å². The zero-order chi connectivity index (χ0) is 23.0. The monoisotopic (exact) mass is 469 g/mol. The molecule has 2 aromatic rings. The number of carbonyl (C=O) groups is 1. The second kappa shape index (κ2) is 8.62. The van der Waals surface area contributed by atoms with Gasteiger partial charge in [-0.25, -0.2) is 4.99 Å². The fourth-order valence-electron chi connectivity index (χ4n) is 5.09. The summed E-state index contributed by atoms with van der Waals surface area (Å²) in [6.45, 7) is 2.56. The Bertz CT molecular complexity index is 1080. The number of nitrogens with zero attached hydrogens (tertiary/aromatic N) is 5. The quantitative estimate of drug-likeness (QED) is 0.713. The number of anilines is 2. The number of piperazine rings is 1. The lowest BCUT2D eigenvalue weighted by atomic mass is 9.87. The SMILES string of the molecule is NC1=NC2(CCCCC2)N(c2ccc(N3CCN(C(=O)c4ccco4)CC3)c(Cl)c2)C(N)=N1. The minimum atomic E-state index is -0.503. The molecule has 0 radical (unpaired) electrons. The standard InChI is InChI=1S/C23H28ClN7O2/c24-17-15-16(31-22(26)27-21(25)28-23(31)8-2-1-3-9-23)6-7-18(17)29-10-12-30(13-11-29)20(32)19-5-4-14-33-19/h4-7,14-15H,1-3,8-13H2,(H4,25,26,27,28). The molecule has 3 heterocycles. The second-order valence-corrected chi connectivity index (χ2v) is 9.12. The van der Waals surface area contributed by atoms with Gasteiger partial charge in [0.25, 0.3) is 5.91 Å². The first-order chi connectivity index (χ1) is 16.0. The third-order valence-electron chi connectivity index (χ3n) is 6.68. The number of hydrogen-bond acceptors (Lipinski definition) is 8. The number of rotatable bonds is 3. The number of amides is 1. The Kier molecular flexibility index (Phi) is 5.65. The molecule has 33 heavy (non-hydrogen) atoms. The highest BCUT2D eigenvalue weighted by molar-refractivity contribution is 6.33. The van der Waals surface area contributed by atoms with E-state index in [9.17, 15) is 4.79 Å². The van der Waals surface area contributed by atoms with Gasteiger partial charge in [0, 0.05) is 31.9 Å². The van der Waals surface area contributed by atoms with E-state index < -0.39 is 5.66 Å². The third-order valence-corrected chi connectivity index (χ3v) is 6.98. The van der Waals surface area contributed by atoms with Crippen LogP contribution < -0.4 is 21.3 Å². The van der Waals surface area contributed by atoms with Crippen LogP contribution in [-0.2, 0) is 0 Å². The summed E-state index contributed by atoms with van der Waals surface area (Å²) in [5, 5.41) is 0.625. The molecule has 10 heteroatoms. The number of halogens is 1. The fraction of sp³-hybridized carbons (Fsp3) is 0.435. The Balaban J connectivity index is 1.34. The van der Waals surface area contributed by atoms with E-state index in [4.69, 9.17) is 32.5 Å². The van der Waals surface area contributed by atoms with Crippen molar-refractivity contribution in [2.75, 3.05) is 36.0 Å². The maximum Gasteiger partial charge on any atom is 0.289 e. The van der Waals surface area contributed by atoms with Crippen LogP contribution in [0.2, 0.25) is 5.02 Å². The molecule has 4 N–H and O–H groups in total. The van der Waals surface area contributed by atoms with E-state index in [0.29, 0.717) is 42.9 Å². The van der Waals surface area contributed by atoms with Crippen LogP contribution in [0.15, 0.2) is 51.0 Å². The molecule has 1 spiro atoms. The highest BCUT2D eigenvalue weighted by Crippen LogP contribution is 2.41. The Morgan fingerprint density at radius 1 is 1.06 bits per heavy atom. The van der Waals surface area contributed by atoms with Gasteiger partial charge in [-0.15, -0.1) is 0 Å². The molecule has 5 rings (SSSR count). The van der Waals surface area contributed by atoms with Gasteiger partial charge in [0.15, 0.2) is 5.76 Å². The number of hydrogen-bond donors (Lipinski definition) is 2. The summed E-state index contributed by atoms with van der Waals surface area (Å²) in [6.07, 6.45) is 6.56. The number of aliphatic imine (C=N–C) groups is 2. The summed E-state index contributed by atoms with van der Waals surface area (Å²) in [4.78, 5) is 27.5. The van der Waals surface area contributed by atoms with E-state index in [1.54, 1.807) is 17.0 Å². The van der Waals surface area contributed by atoms with Gasteiger partial charge in [0.2, 0.25) is 11.9 Å². The van der Waals surface area contributed by atoms with Gasteiger partial charge in [0.05, 0.1) is 17.0 Å². The molecule has 0 bridgehead atoms. The Labute approximate surface area is 197 Å². The van der Waals surface area contributed by atoms with Crippen LogP contribution >= 0.6 is 11.6 Å². The lowest BCUT2D eigenvalue weighted by Crippen LogP contribution is -2.58. The van der Waals surface area contributed by atoms with Crippen molar-refractivity contribution in [3.63, 3.8) is 0 Å². The summed E-state index contributed by atoms with van der Waals surface area (Å²) in [5.41, 5.74) is 13.6. The average Bonchev–Trinajstić information content (AvgIpc) is 3.34. The molecule has 9 nitrogen and oxygen atoms in total. The van der Waals surface area contributed by atoms with Gasteiger partial charge >= 0.3 is 0 Å². The first kappa shape index (κ1) is 21.6. The number of nitrogens with two attached hydrogens (primary N) is 2. The van der Waals surface area contributed by atoms with Crippen LogP contribution in [0.25, 0.3) is 0 Å². The highest BCUT2D eigenvalue weighted by atomic mass is 35.5. The van der Waals surface area contributed by atoms with Crippen molar-refractivity contribution in [3.05, 3.63) is 47.4 Å². The van der Waals surface area contributed by atoms with E-state index in [1.807, 2.05) is 23.1 Å². The van der Waals surface area contributed by atoms with Gasteiger partial charge < -0.3 is 25.7 Å². The molecule has 1 aliphatic carbocycles. The predicted octanol–water partition coefficient (Wildman–Crippen LogP) is 3.01. The molecular formula is C23H28ClN7O2. The summed E-state index contributed by atoms with van der Waals surface area (Å²) >= 11 is 6.76. The molecule has 2 fully saturated rings. The molecule has 1 saturated carbocycles. The molecule has 0 unspecified atom stereocenters. The minimum Gasteiger partial charge on any atom is -0.459 e. The second-order valence-electron chi connectivity index (χ2n) is 8.71. The average molecular weight is 470 g/mol. The lowest BCUT2D eigenvalue weighted by Gasteiger charge is -2.45. The van der Waals surface area contributed by atoms with Crippen LogP contribution in [0, 0.1) is 0 Å². The zero-order valence-corrected chi connectivity index (χ0v) is 19.2. The highest BCUT2D eigenvalue weighted by Gasteiger charge is 2.42. The normalized spacial score (nSPS) is 20.6. The summed E-state index contributed by atoms with van der Waals surface area (Å²) in [7, 11) is 0. The smallest absolute Gasteiger partial charge is 0.289 e. The maximum absolute atomic E-state index is 12.5. The van der Waals surface area contributed by atoms with Crippen molar-refractivity contribution in [2.24, 2.45) is 21.5 Å². The van der Waals surface area contributed by atoms with E-state index >= 15 is 0 Å². The Morgan fingerprint density at radius 3 is 2.48 bits per heavy atom. The molecular weight excluding hydrogens is 442 g/mol. The van der Waals surface area contributed by atoms with E-state index in [0.717, 1.165) is 37.1 Å². The van der Waals surface area contributed by atoms with Gasteiger partial charge in [0.1, 0.15) is 5.66 Å². The number of carbonyl (C=O) groups excluding carboxylic acids is 1. The molecule has 1 saturated heterocycles. The van der Waals surface area contributed by atoms with Crippen LogP contribution in [0.4, 0.5) is 11.4 Å². The van der Waals surface area contributed by atoms with Gasteiger partial charge in [-0.2, -0.15) is 4.99 Å². The fourth-order valence-corrected chi connectivity index (χ4v) is 5.39. The van der Waals surface area contributed by atoms with Crippen LogP contribution in [0.3, 0.4) is 0 Å². The van der Waals surface area contributed by atoms with Gasteiger partial charge in [-0.1, -0.05) is 18.0 Å². The predicted molar refractivity (Wildman–Crippen MR) is 130 cm³/mol. The molecule has 3 aliphatic rings. The molecule has 1 aromatic heterocycles. The first-order valence-electron chi connectivity index (χ1n) is 11.3.